The summed E-state index contributed by atoms with van der Waals surface area (Å²) in [6, 6.07) is 21.2. The van der Waals surface area contributed by atoms with Crippen molar-refractivity contribution in [3.05, 3.63) is 105 Å². The Morgan fingerprint density at radius 1 is 0.875 bits per heavy atom. The molecule has 4 nitrogen and oxygen atoms in total. The molecule has 0 spiro atoms. The molecule has 166 valence electrons. The Balaban J connectivity index is 1.95. The van der Waals surface area contributed by atoms with Crippen LogP contribution in [0.2, 0.25) is 15.1 Å². The van der Waals surface area contributed by atoms with Crippen LogP contribution in [0.4, 0.5) is 0 Å². The molecule has 3 aromatic carbocycles. The van der Waals surface area contributed by atoms with Crippen molar-refractivity contribution in [1.82, 2.24) is 10.2 Å². The van der Waals surface area contributed by atoms with Crippen LogP contribution >= 0.6 is 34.8 Å². The summed E-state index contributed by atoms with van der Waals surface area (Å²) in [6.07, 6.45) is 0.431. The summed E-state index contributed by atoms with van der Waals surface area (Å²) in [5.41, 5.74) is 2.48. The van der Waals surface area contributed by atoms with Crippen LogP contribution in [0.25, 0.3) is 0 Å². The topological polar surface area (TPSA) is 49.4 Å². The van der Waals surface area contributed by atoms with Crippen molar-refractivity contribution in [3.8, 4) is 0 Å². The van der Waals surface area contributed by atoms with E-state index in [2.05, 4.69) is 5.32 Å². The van der Waals surface area contributed by atoms with E-state index < -0.39 is 6.04 Å². The fourth-order valence-corrected chi connectivity index (χ4v) is 4.04. The molecular formula is C25H23Cl3N2O2. The van der Waals surface area contributed by atoms with Crippen molar-refractivity contribution in [2.75, 3.05) is 7.05 Å². The number of carbonyl (C=O) groups excluding carboxylic acids is 2. The highest BCUT2D eigenvalue weighted by Crippen LogP contribution is 2.23. The molecule has 0 saturated heterocycles. The maximum Gasteiger partial charge on any atom is 0.242 e. The molecule has 0 unspecified atom stereocenters. The Hall–Kier alpha value is -2.53. The molecule has 0 aliphatic carbocycles. The van der Waals surface area contributed by atoms with E-state index in [0.717, 1.165) is 11.1 Å². The van der Waals surface area contributed by atoms with Gasteiger partial charge in [-0.25, -0.2) is 0 Å². The summed E-state index contributed by atoms with van der Waals surface area (Å²) in [5.74, 6) is -0.452. The highest BCUT2D eigenvalue weighted by molar-refractivity contribution is 6.35. The van der Waals surface area contributed by atoms with Crippen LogP contribution < -0.4 is 5.32 Å². The van der Waals surface area contributed by atoms with Gasteiger partial charge in [-0.05, 0) is 41.0 Å². The van der Waals surface area contributed by atoms with Crippen molar-refractivity contribution in [2.45, 2.75) is 25.4 Å². The summed E-state index contributed by atoms with van der Waals surface area (Å²) in [5, 5.41) is 4.21. The third-order valence-corrected chi connectivity index (χ3v) is 5.98. The van der Waals surface area contributed by atoms with Gasteiger partial charge in [0.15, 0.2) is 0 Å². The second-order valence-corrected chi connectivity index (χ2v) is 8.66. The molecule has 0 aromatic heterocycles. The Labute approximate surface area is 203 Å². The Bertz CT molecular complexity index is 1070. The van der Waals surface area contributed by atoms with Gasteiger partial charge in [-0.15, -0.1) is 0 Å². The van der Waals surface area contributed by atoms with Gasteiger partial charge in [-0.2, -0.15) is 0 Å². The summed E-state index contributed by atoms with van der Waals surface area (Å²) in [7, 11) is 1.57. The Kier molecular flexibility index (Phi) is 8.57. The highest BCUT2D eigenvalue weighted by atomic mass is 35.5. The van der Waals surface area contributed by atoms with Crippen molar-refractivity contribution in [3.63, 3.8) is 0 Å². The molecule has 0 saturated carbocycles. The molecule has 7 heteroatoms. The van der Waals surface area contributed by atoms with Gasteiger partial charge in [-0.1, -0.05) is 83.3 Å². The fraction of sp³-hybridized carbons (Fsp3) is 0.200. The van der Waals surface area contributed by atoms with Gasteiger partial charge in [-0.3, -0.25) is 9.59 Å². The minimum atomic E-state index is -0.698. The first-order valence-electron chi connectivity index (χ1n) is 10.1. The van der Waals surface area contributed by atoms with E-state index in [1.54, 1.807) is 42.3 Å². The van der Waals surface area contributed by atoms with Gasteiger partial charge in [0.1, 0.15) is 6.04 Å². The van der Waals surface area contributed by atoms with Gasteiger partial charge < -0.3 is 10.2 Å². The first-order chi connectivity index (χ1) is 15.4. The standard InChI is InChI=1S/C25H23Cl3N2O2/c1-29-25(32)23(13-17-5-3-2-4-6-17)30(16-18-7-10-20(26)11-8-18)24(31)14-19-9-12-21(27)15-22(19)28/h2-12,15,23H,13-14,16H2,1H3,(H,29,32)/t23-/m0/s1. The largest absolute Gasteiger partial charge is 0.357 e. The van der Waals surface area contributed by atoms with E-state index >= 15 is 0 Å². The zero-order valence-electron chi connectivity index (χ0n) is 17.5. The van der Waals surface area contributed by atoms with Gasteiger partial charge in [0.2, 0.25) is 11.8 Å². The molecule has 3 rings (SSSR count). The molecule has 1 N–H and O–H groups in total. The number of rotatable bonds is 8. The lowest BCUT2D eigenvalue weighted by molar-refractivity contribution is -0.140. The number of hydrogen-bond acceptors (Lipinski definition) is 2. The number of carbonyl (C=O) groups is 2. The predicted octanol–water partition coefficient (Wildman–Crippen LogP) is 5.58. The highest BCUT2D eigenvalue weighted by Gasteiger charge is 2.30. The molecular weight excluding hydrogens is 467 g/mol. The third kappa shape index (κ3) is 6.49. The quantitative estimate of drug-likeness (QED) is 0.449. The molecule has 0 bridgehead atoms. The van der Waals surface area contributed by atoms with E-state index in [0.29, 0.717) is 27.1 Å². The molecule has 3 aromatic rings. The van der Waals surface area contributed by atoms with Crippen LogP contribution in [0.5, 0.6) is 0 Å². The minimum Gasteiger partial charge on any atom is -0.357 e. The van der Waals surface area contributed by atoms with Crippen molar-refractivity contribution in [2.24, 2.45) is 0 Å². The van der Waals surface area contributed by atoms with Crippen LogP contribution in [0, 0.1) is 0 Å². The SMILES string of the molecule is CNC(=O)[C@H](Cc1ccccc1)N(Cc1ccc(Cl)cc1)C(=O)Cc1ccc(Cl)cc1Cl. The second kappa shape index (κ2) is 11.4. The lowest BCUT2D eigenvalue weighted by Crippen LogP contribution is -2.50. The maximum atomic E-state index is 13.5. The van der Waals surface area contributed by atoms with Crippen molar-refractivity contribution in [1.29, 1.82) is 0 Å². The van der Waals surface area contributed by atoms with Crippen LogP contribution in [0.15, 0.2) is 72.8 Å². The Morgan fingerprint density at radius 2 is 1.53 bits per heavy atom. The summed E-state index contributed by atoms with van der Waals surface area (Å²) >= 11 is 18.3. The molecule has 0 fully saturated rings. The van der Waals surface area contributed by atoms with Crippen LogP contribution in [0.1, 0.15) is 16.7 Å². The monoisotopic (exact) mass is 488 g/mol. The van der Waals surface area contributed by atoms with Gasteiger partial charge in [0.05, 0.1) is 6.42 Å². The Morgan fingerprint density at radius 3 is 2.16 bits per heavy atom. The smallest absolute Gasteiger partial charge is 0.242 e. The summed E-state index contributed by atoms with van der Waals surface area (Å²) in [6.45, 7) is 0.256. The van der Waals surface area contributed by atoms with E-state index in [1.807, 2.05) is 42.5 Å². The lowest BCUT2D eigenvalue weighted by atomic mass is 10.0. The van der Waals surface area contributed by atoms with Crippen LogP contribution in [-0.4, -0.2) is 29.8 Å². The van der Waals surface area contributed by atoms with E-state index in [9.17, 15) is 9.59 Å². The van der Waals surface area contributed by atoms with E-state index in [1.165, 1.54) is 0 Å². The first kappa shape index (κ1) is 24.1. The summed E-state index contributed by atoms with van der Waals surface area (Å²) < 4.78 is 0. The van der Waals surface area contributed by atoms with E-state index in [4.69, 9.17) is 34.8 Å². The van der Waals surface area contributed by atoms with Crippen molar-refractivity contribution >= 4 is 46.6 Å². The molecule has 0 heterocycles. The molecule has 0 radical (unpaired) electrons. The van der Waals surface area contributed by atoms with Gasteiger partial charge >= 0.3 is 0 Å². The van der Waals surface area contributed by atoms with Crippen LogP contribution in [-0.2, 0) is 29.0 Å². The number of nitrogens with zero attached hydrogens (tertiary/aromatic N) is 1. The average Bonchev–Trinajstić information content (AvgIpc) is 2.79. The first-order valence-corrected chi connectivity index (χ1v) is 11.2. The number of benzene rings is 3. The maximum absolute atomic E-state index is 13.5. The lowest BCUT2D eigenvalue weighted by Gasteiger charge is -2.31. The van der Waals surface area contributed by atoms with Crippen LogP contribution in [0.3, 0.4) is 0 Å². The second-order valence-electron chi connectivity index (χ2n) is 7.38. The predicted molar refractivity (Wildman–Crippen MR) is 130 cm³/mol. The number of likely N-dealkylation sites (N-methyl/N-ethyl adjacent to an activating group) is 1. The molecule has 32 heavy (non-hydrogen) atoms. The number of halogens is 3. The minimum absolute atomic E-state index is 0.0475. The van der Waals surface area contributed by atoms with Gasteiger partial charge in [0, 0.05) is 35.1 Å². The zero-order chi connectivity index (χ0) is 23.1. The molecule has 0 aliphatic heterocycles. The molecule has 2 amide bonds. The average molecular weight is 490 g/mol. The van der Waals surface area contributed by atoms with Crippen molar-refractivity contribution < 1.29 is 9.59 Å². The number of nitrogens with one attached hydrogen (secondary N) is 1. The van der Waals surface area contributed by atoms with Gasteiger partial charge in [0.25, 0.3) is 0 Å². The third-order valence-electron chi connectivity index (χ3n) is 5.14. The van der Waals surface area contributed by atoms with E-state index in [-0.39, 0.29) is 24.8 Å². The molecule has 1 atom stereocenters. The summed E-state index contributed by atoms with van der Waals surface area (Å²) in [4.78, 5) is 28.0. The zero-order valence-corrected chi connectivity index (χ0v) is 19.8. The normalized spacial score (nSPS) is 11.6. The fourth-order valence-electron chi connectivity index (χ4n) is 3.44. The number of hydrogen-bond donors (Lipinski definition) is 1. The molecule has 0 aliphatic rings. The number of amides is 2.